The monoisotopic (exact) mass is 282 g/mol. The standard InChI is InChI=1S/C18H34S/c1-2-3-4-5-6-7-8-9-10-11-12-13-14-15-16-17-18-19/h6-7,9-10,19H,2-5,8,11-18H2,1H3. The lowest BCUT2D eigenvalue weighted by atomic mass is 10.1. The van der Waals surface area contributed by atoms with Gasteiger partial charge >= 0.3 is 0 Å². The first-order chi connectivity index (χ1) is 9.41. The van der Waals surface area contributed by atoms with Crippen molar-refractivity contribution in [1.82, 2.24) is 0 Å². The van der Waals surface area contributed by atoms with Crippen LogP contribution in [-0.4, -0.2) is 5.75 Å². The fourth-order valence-electron chi connectivity index (χ4n) is 2.10. The Morgan fingerprint density at radius 2 is 1.16 bits per heavy atom. The van der Waals surface area contributed by atoms with Gasteiger partial charge in [0, 0.05) is 0 Å². The molecule has 0 fully saturated rings. The van der Waals surface area contributed by atoms with E-state index in [2.05, 4.69) is 43.9 Å². The molecule has 0 atom stereocenters. The Labute approximate surface area is 127 Å². The van der Waals surface area contributed by atoms with E-state index in [0.29, 0.717) is 0 Å². The van der Waals surface area contributed by atoms with Crippen LogP contribution in [0, 0.1) is 0 Å². The van der Waals surface area contributed by atoms with Gasteiger partial charge in [-0.2, -0.15) is 12.6 Å². The van der Waals surface area contributed by atoms with Crippen LogP contribution in [0.5, 0.6) is 0 Å². The van der Waals surface area contributed by atoms with E-state index in [1.54, 1.807) is 0 Å². The van der Waals surface area contributed by atoms with Crippen LogP contribution in [0.4, 0.5) is 0 Å². The van der Waals surface area contributed by atoms with Gasteiger partial charge in [-0.05, 0) is 44.3 Å². The highest BCUT2D eigenvalue weighted by molar-refractivity contribution is 7.80. The van der Waals surface area contributed by atoms with Crippen LogP contribution in [0.2, 0.25) is 0 Å². The van der Waals surface area contributed by atoms with E-state index in [0.717, 1.165) is 12.2 Å². The van der Waals surface area contributed by atoms with E-state index in [1.165, 1.54) is 70.6 Å². The van der Waals surface area contributed by atoms with Crippen molar-refractivity contribution < 1.29 is 0 Å². The highest BCUT2D eigenvalue weighted by atomic mass is 32.1. The number of allylic oxidation sites excluding steroid dienone is 4. The number of rotatable bonds is 14. The number of thiol groups is 1. The summed E-state index contributed by atoms with van der Waals surface area (Å²) in [6.45, 7) is 2.26. The molecule has 0 aliphatic rings. The van der Waals surface area contributed by atoms with Crippen molar-refractivity contribution in [2.24, 2.45) is 0 Å². The maximum Gasteiger partial charge on any atom is -0.00979 e. The second kappa shape index (κ2) is 17.8. The molecule has 0 rings (SSSR count). The van der Waals surface area contributed by atoms with Crippen LogP contribution in [0.3, 0.4) is 0 Å². The first-order valence-electron chi connectivity index (χ1n) is 8.32. The van der Waals surface area contributed by atoms with Gasteiger partial charge in [-0.3, -0.25) is 0 Å². The molecular formula is C18H34S. The highest BCUT2D eigenvalue weighted by Crippen LogP contribution is 2.08. The molecule has 0 aliphatic carbocycles. The second-order valence-corrected chi connectivity index (χ2v) is 5.76. The van der Waals surface area contributed by atoms with Crippen molar-refractivity contribution >= 4 is 12.6 Å². The summed E-state index contributed by atoms with van der Waals surface area (Å²) in [5.41, 5.74) is 0. The third kappa shape index (κ3) is 17.8. The molecule has 0 aromatic carbocycles. The molecule has 0 amide bonds. The molecule has 0 bridgehead atoms. The summed E-state index contributed by atoms with van der Waals surface area (Å²) >= 11 is 4.23. The van der Waals surface area contributed by atoms with Gasteiger partial charge in [0.05, 0.1) is 0 Å². The molecule has 19 heavy (non-hydrogen) atoms. The Morgan fingerprint density at radius 1 is 0.632 bits per heavy atom. The first kappa shape index (κ1) is 18.8. The lowest BCUT2D eigenvalue weighted by Gasteiger charge is -1.98. The third-order valence-electron chi connectivity index (χ3n) is 3.36. The highest BCUT2D eigenvalue weighted by Gasteiger charge is 1.89. The van der Waals surface area contributed by atoms with Crippen LogP contribution < -0.4 is 0 Å². The summed E-state index contributed by atoms with van der Waals surface area (Å²) in [4.78, 5) is 0. The Hall–Kier alpha value is -0.170. The fourth-order valence-corrected chi connectivity index (χ4v) is 2.32. The predicted molar refractivity (Wildman–Crippen MR) is 93.2 cm³/mol. The van der Waals surface area contributed by atoms with Gasteiger partial charge in [0.25, 0.3) is 0 Å². The van der Waals surface area contributed by atoms with Crippen LogP contribution in [0.15, 0.2) is 24.3 Å². The van der Waals surface area contributed by atoms with Gasteiger partial charge < -0.3 is 0 Å². The Bertz CT molecular complexity index is 206. The van der Waals surface area contributed by atoms with E-state index in [-0.39, 0.29) is 0 Å². The van der Waals surface area contributed by atoms with Gasteiger partial charge in [-0.1, -0.05) is 69.8 Å². The molecule has 0 radical (unpaired) electrons. The summed E-state index contributed by atoms with van der Waals surface area (Å²) in [5, 5.41) is 0. The number of hydrogen-bond donors (Lipinski definition) is 1. The van der Waals surface area contributed by atoms with Crippen molar-refractivity contribution in [2.45, 2.75) is 84.0 Å². The molecule has 0 nitrogen and oxygen atoms in total. The maximum atomic E-state index is 4.23. The molecule has 0 heterocycles. The fraction of sp³-hybridized carbons (Fsp3) is 0.778. The summed E-state index contributed by atoms with van der Waals surface area (Å²) < 4.78 is 0. The Kier molecular flexibility index (Phi) is 17.7. The van der Waals surface area contributed by atoms with Gasteiger partial charge in [-0.25, -0.2) is 0 Å². The number of unbranched alkanes of at least 4 members (excludes halogenated alkanes) is 9. The van der Waals surface area contributed by atoms with Crippen LogP contribution in [-0.2, 0) is 0 Å². The molecule has 0 aromatic heterocycles. The van der Waals surface area contributed by atoms with Crippen LogP contribution in [0.1, 0.15) is 84.0 Å². The van der Waals surface area contributed by atoms with E-state index in [1.807, 2.05) is 0 Å². The lowest BCUT2D eigenvalue weighted by molar-refractivity contribution is 0.613. The van der Waals surface area contributed by atoms with E-state index < -0.39 is 0 Å². The zero-order valence-corrected chi connectivity index (χ0v) is 13.8. The van der Waals surface area contributed by atoms with Crippen molar-refractivity contribution in [3.05, 3.63) is 24.3 Å². The normalized spacial score (nSPS) is 11.9. The number of hydrogen-bond acceptors (Lipinski definition) is 1. The van der Waals surface area contributed by atoms with Crippen molar-refractivity contribution in [1.29, 1.82) is 0 Å². The van der Waals surface area contributed by atoms with Crippen molar-refractivity contribution in [3.63, 3.8) is 0 Å². The topological polar surface area (TPSA) is 0 Å². The minimum absolute atomic E-state index is 1.05. The van der Waals surface area contributed by atoms with E-state index >= 15 is 0 Å². The molecule has 112 valence electrons. The molecule has 0 aliphatic heterocycles. The second-order valence-electron chi connectivity index (χ2n) is 5.31. The maximum absolute atomic E-state index is 4.23. The smallest absolute Gasteiger partial charge is 0.00979 e. The molecule has 0 saturated carbocycles. The van der Waals surface area contributed by atoms with Crippen LogP contribution in [0.25, 0.3) is 0 Å². The van der Waals surface area contributed by atoms with Crippen molar-refractivity contribution in [3.8, 4) is 0 Å². The average molecular weight is 283 g/mol. The molecule has 0 aromatic rings. The predicted octanol–water partition coefficient (Wildman–Crippen LogP) is 6.73. The summed E-state index contributed by atoms with van der Waals surface area (Å²) in [6, 6.07) is 0. The molecule has 0 unspecified atom stereocenters. The van der Waals surface area contributed by atoms with Crippen LogP contribution >= 0.6 is 12.6 Å². The van der Waals surface area contributed by atoms with Gasteiger partial charge in [0.2, 0.25) is 0 Å². The molecular weight excluding hydrogens is 248 g/mol. The summed E-state index contributed by atoms with van der Waals surface area (Å²) in [5.74, 6) is 1.05. The quantitative estimate of drug-likeness (QED) is 0.204. The zero-order chi connectivity index (χ0) is 14.0. The minimum atomic E-state index is 1.05. The molecule has 0 spiro atoms. The Morgan fingerprint density at radius 3 is 1.74 bits per heavy atom. The third-order valence-corrected chi connectivity index (χ3v) is 3.67. The summed E-state index contributed by atoms with van der Waals surface area (Å²) in [7, 11) is 0. The van der Waals surface area contributed by atoms with Gasteiger partial charge in [0.15, 0.2) is 0 Å². The largest absolute Gasteiger partial charge is 0.179 e. The minimum Gasteiger partial charge on any atom is -0.179 e. The van der Waals surface area contributed by atoms with Crippen molar-refractivity contribution in [2.75, 3.05) is 5.75 Å². The van der Waals surface area contributed by atoms with E-state index in [4.69, 9.17) is 0 Å². The zero-order valence-electron chi connectivity index (χ0n) is 12.9. The Balaban J connectivity index is 3.12. The molecule has 0 saturated heterocycles. The summed E-state index contributed by atoms with van der Waals surface area (Å²) in [6.07, 6.45) is 25.2. The van der Waals surface area contributed by atoms with Gasteiger partial charge in [-0.15, -0.1) is 0 Å². The van der Waals surface area contributed by atoms with E-state index in [9.17, 15) is 0 Å². The molecule has 1 heteroatoms. The average Bonchev–Trinajstić information content (AvgIpc) is 2.43. The lowest BCUT2D eigenvalue weighted by Crippen LogP contribution is -1.80. The SMILES string of the molecule is CCCCCC=CCC=CCCCCCCCCS. The molecule has 0 N–H and O–H groups in total. The first-order valence-corrected chi connectivity index (χ1v) is 8.96. The van der Waals surface area contributed by atoms with Gasteiger partial charge in [0.1, 0.15) is 0 Å².